The van der Waals surface area contributed by atoms with Gasteiger partial charge in [0.15, 0.2) is 0 Å². The lowest BCUT2D eigenvalue weighted by Crippen LogP contribution is -2.12. The maximum atomic E-state index is 4.42. The van der Waals surface area contributed by atoms with Crippen molar-refractivity contribution in [1.29, 1.82) is 0 Å². The Morgan fingerprint density at radius 2 is 1.45 bits per heavy atom. The number of rotatable bonds is 2. The summed E-state index contributed by atoms with van der Waals surface area (Å²) < 4.78 is 0. The molecule has 1 fully saturated rings. The minimum absolute atomic E-state index is 0.550. The van der Waals surface area contributed by atoms with Gasteiger partial charge in [-0.15, -0.1) is 0 Å². The van der Waals surface area contributed by atoms with Crippen LogP contribution in [-0.4, -0.2) is 24.1 Å². The molecule has 3 heteroatoms. The number of aromatic nitrogens is 2. The summed E-state index contributed by atoms with van der Waals surface area (Å²) in [6, 6.07) is 8.06. The first-order valence-corrected chi connectivity index (χ1v) is 11.4. The fourth-order valence-corrected chi connectivity index (χ4v) is 3.69. The van der Waals surface area contributed by atoms with Gasteiger partial charge in [0.25, 0.3) is 0 Å². The van der Waals surface area contributed by atoms with Gasteiger partial charge in [0, 0.05) is 19.5 Å². The summed E-state index contributed by atoms with van der Waals surface area (Å²) in [4.78, 5) is 10.8. The predicted octanol–water partition coefficient (Wildman–Crippen LogP) is 7.67. The van der Waals surface area contributed by atoms with Crippen molar-refractivity contribution < 1.29 is 0 Å². The van der Waals surface area contributed by atoms with E-state index in [1.54, 1.807) is 0 Å². The second-order valence-electron chi connectivity index (χ2n) is 10.2. The van der Waals surface area contributed by atoms with Crippen LogP contribution in [0.2, 0.25) is 0 Å². The normalized spacial score (nSPS) is 18.9. The Kier molecular flexibility index (Phi) is 10.6. The predicted molar refractivity (Wildman–Crippen MR) is 130 cm³/mol. The van der Waals surface area contributed by atoms with E-state index < -0.39 is 0 Å². The first-order valence-electron chi connectivity index (χ1n) is 11.4. The van der Waals surface area contributed by atoms with Gasteiger partial charge < -0.3 is 4.90 Å². The Balaban J connectivity index is 0.000000240. The standard InChI is InChI=1S/C11H13N3.C8H16.C7H16/c1-8-12-10-7-5-4-6-9(10)11(13-8)14(2)3;1-7-3-5-8(2)6-4-7;1-5-6-7(2,3)4/h4-7H,1-3H3;7-8H,3-6H2,1-2H3;5-6H2,1-4H3. The Morgan fingerprint density at radius 1 is 0.931 bits per heavy atom. The van der Waals surface area contributed by atoms with Crippen molar-refractivity contribution in [3.05, 3.63) is 30.1 Å². The number of nitrogens with zero attached hydrogens (tertiary/aromatic N) is 3. The van der Waals surface area contributed by atoms with E-state index in [1.165, 1.54) is 38.5 Å². The van der Waals surface area contributed by atoms with Crippen LogP contribution >= 0.6 is 0 Å². The molecule has 1 saturated carbocycles. The summed E-state index contributed by atoms with van der Waals surface area (Å²) in [7, 11) is 3.99. The summed E-state index contributed by atoms with van der Waals surface area (Å²) >= 11 is 0. The summed E-state index contributed by atoms with van der Waals surface area (Å²) in [6.45, 7) is 15.7. The topological polar surface area (TPSA) is 29.0 Å². The van der Waals surface area contributed by atoms with Crippen LogP contribution in [0.15, 0.2) is 24.3 Å². The lowest BCUT2D eigenvalue weighted by Gasteiger charge is -2.22. The van der Waals surface area contributed by atoms with Crippen LogP contribution in [0, 0.1) is 24.2 Å². The molecule has 0 spiro atoms. The average molecular weight is 400 g/mol. The molecule has 0 radical (unpaired) electrons. The zero-order valence-electron chi connectivity index (χ0n) is 20.5. The highest BCUT2D eigenvalue weighted by Gasteiger charge is 2.13. The van der Waals surface area contributed by atoms with Crippen molar-refractivity contribution in [3.63, 3.8) is 0 Å². The molecule has 164 valence electrons. The molecule has 0 saturated heterocycles. The van der Waals surface area contributed by atoms with Gasteiger partial charge in [0.05, 0.1) is 5.52 Å². The van der Waals surface area contributed by atoms with Crippen molar-refractivity contribution in [2.75, 3.05) is 19.0 Å². The highest BCUT2D eigenvalue weighted by Crippen LogP contribution is 2.27. The molecule has 0 atom stereocenters. The molecule has 29 heavy (non-hydrogen) atoms. The van der Waals surface area contributed by atoms with Crippen LogP contribution < -0.4 is 4.90 Å². The van der Waals surface area contributed by atoms with E-state index in [4.69, 9.17) is 0 Å². The van der Waals surface area contributed by atoms with Gasteiger partial charge >= 0.3 is 0 Å². The maximum Gasteiger partial charge on any atom is 0.139 e. The van der Waals surface area contributed by atoms with Crippen molar-refractivity contribution in [2.24, 2.45) is 17.3 Å². The number of benzene rings is 1. The third-order valence-corrected chi connectivity index (χ3v) is 5.42. The Hall–Kier alpha value is -1.64. The van der Waals surface area contributed by atoms with E-state index in [0.717, 1.165) is 34.4 Å². The molecule has 0 N–H and O–H groups in total. The number of anilines is 1. The summed E-state index contributed by atoms with van der Waals surface area (Å²) in [6.07, 6.45) is 8.54. The molecule has 0 unspecified atom stereocenters. The zero-order chi connectivity index (χ0) is 22.0. The van der Waals surface area contributed by atoms with E-state index in [2.05, 4.69) is 51.5 Å². The second kappa shape index (κ2) is 12.1. The molecule has 1 aliphatic carbocycles. The van der Waals surface area contributed by atoms with Crippen LogP contribution in [0.5, 0.6) is 0 Å². The van der Waals surface area contributed by atoms with Gasteiger partial charge in [0.2, 0.25) is 0 Å². The molecule has 2 aromatic rings. The lowest BCUT2D eigenvalue weighted by molar-refractivity contribution is 0.308. The number of hydrogen-bond acceptors (Lipinski definition) is 3. The van der Waals surface area contributed by atoms with Crippen molar-refractivity contribution in [2.45, 2.75) is 87.0 Å². The van der Waals surface area contributed by atoms with Crippen LogP contribution in [0.3, 0.4) is 0 Å². The third kappa shape index (κ3) is 10.1. The number of fused-ring (bicyclic) bond motifs is 1. The molecule has 3 nitrogen and oxygen atoms in total. The number of hydrogen-bond donors (Lipinski definition) is 0. The number of aryl methyl sites for hydroxylation is 1. The largest absolute Gasteiger partial charge is 0.362 e. The van der Waals surface area contributed by atoms with Gasteiger partial charge in [-0.25, -0.2) is 9.97 Å². The highest BCUT2D eigenvalue weighted by molar-refractivity contribution is 5.89. The average Bonchev–Trinajstić information content (AvgIpc) is 2.63. The van der Waals surface area contributed by atoms with E-state index in [-0.39, 0.29) is 0 Å². The first kappa shape index (κ1) is 25.4. The molecular weight excluding hydrogens is 354 g/mol. The Morgan fingerprint density at radius 3 is 1.86 bits per heavy atom. The van der Waals surface area contributed by atoms with E-state index in [1.807, 2.05) is 50.2 Å². The smallest absolute Gasteiger partial charge is 0.139 e. The number of para-hydroxylation sites is 1. The van der Waals surface area contributed by atoms with Crippen LogP contribution in [0.1, 0.15) is 85.9 Å². The molecule has 1 heterocycles. The van der Waals surface area contributed by atoms with E-state index >= 15 is 0 Å². The zero-order valence-corrected chi connectivity index (χ0v) is 20.5. The molecule has 1 aromatic heterocycles. The van der Waals surface area contributed by atoms with Crippen LogP contribution in [0.25, 0.3) is 10.9 Å². The van der Waals surface area contributed by atoms with Gasteiger partial charge in [-0.05, 0) is 42.7 Å². The molecule has 0 aliphatic heterocycles. The lowest BCUT2D eigenvalue weighted by atomic mass is 9.84. The monoisotopic (exact) mass is 399 g/mol. The fourth-order valence-electron chi connectivity index (χ4n) is 3.69. The molecule has 1 aliphatic rings. The first-order chi connectivity index (χ1) is 13.5. The van der Waals surface area contributed by atoms with Crippen molar-refractivity contribution in [1.82, 2.24) is 9.97 Å². The Bertz CT molecular complexity index is 697. The molecule has 1 aromatic carbocycles. The van der Waals surface area contributed by atoms with Gasteiger partial charge in [-0.3, -0.25) is 0 Å². The van der Waals surface area contributed by atoms with Gasteiger partial charge in [-0.1, -0.05) is 85.8 Å². The third-order valence-electron chi connectivity index (χ3n) is 5.42. The SMILES string of the molecule is CC1CCC(C)CC1.CCCC(C)(C)C.Cc1nc(N(C)C)c2ccccc2n1. The second-order valence-corrected chi connectivity index (χ2v) is 10.2. The molecular formula is C26H45N3. The molecule has 3 rings (SSSR count). The maximum absolute atomic E-state index is 4.42. The summed E-state index contributed by atoms with van der Waals surface area (Å²) in [5, 5.41) is 1.10. The Labute approximate surface area is 180 Å². The van der Waals surface area contributed by atoms with Gasteiger partial charge in [-0.2, -0.15) is 0 Å². The summed E-state index contributed by atoms with van der Waals surface area (Å²) in [5.41, 5.74) is 1.55. The van der Waals surface area contributed by atoms with E-state index in [9.17, 15) is 0 Å². The fraction of sp³-hybridized carbons (Fsp3) is 0.692. The van der Waals surface area contributed by atoms with Crippen molar-refractivity contribution in [3.8, 4) is 0 Å². The van der Waals surface area contributed by atoms with Crippen LogP contribution in [-0.2, 0) is 0 Å². The molecule has 0 bridgehead atoms. The van der Waals surface area contributed by atoms with Gasteiger partial charge in [0.1, 0.15) is 11.6 Å². The molecule has 0 amide bonds. The quantitative estimate of drug-likeness (QED) is 0.519. The highest BCUT2D eigenvalue weighted by atomic mass is 15.1. The van der Waals surface area contributed by atoms with Crippen molar-refractivity contribution >= 4 is 16.7 Å². The minimum atomic E-state index is 0.550. The summed E-state index contributed by atoms with van der Waals surface area (Å²) in [5.74, 6) is 3.83. The van der Waals surface area contributed by atoms with E-state index in [0.29, 0.717) is 5.41 Å². The minimum Gasteiger partial charge on any atom is -0.362 e. The van der Waals surface area contributed by atoms with Crippen LogP contribution in [0.4, 0.5) is 5.82 Å².